The Morgan fingerprint density at radius 2 is 1.55 bits per heavy atom. The number of halogens is 2. The standard InChI is InChI=1S/C20H23F2NO4S2/c1-28(24,25)16-4-6-19(20(13-16)29(2,26)27)23-9-7-14(8-10-23)11-15-3-5-17(21)18(22)12-15/h3-6,12-14H,7-11H2,1-2H3. The number of rotatable bonds is 5. The summed E-state index contributed by atoms with van der Waals surface area (Å²) in [4.78, 5) is 1.90. The van der Waals surface area contributed by atoms with Gasteiger partial charge in [0.15, 0.2) is 31.3 Å². The van der Waals surface area contributed by atoms with E-state index in [1.165, 1.54) is 18.2 Å². The van der Waals surface area contributed by atoms with E-state index in [1.54, 1.807) is 12.1 Å². The highest BCUT2D eigenvalue weighted by Gasteiger charge is 2.25. The van der Waals surface area contributed by atoms with Crippen LogP contribution in [0.5, 0.6) is 0 Å². The third kappa shape index (κ3) is 5.14. The maximum absolute atomic E-state index is 13.4. The van der Waals surface area contributed by atoms with Crippen molar-refractivity contribution in [1.82, 2.24) is 0 Å². The van der Waals surface area contributed by atoms with Crippen LogP contribution in [0.3, 0.4) is 0 Å². The maximum atomic E-state index is 13.4. The Morgan fingerprint density at radius 3 is 2.10 bits per heavy atom. The molecule has 2 aromatic rings. The summed E-state index contributed by atoms with van der Waals surface area (Å²) in [5, 5.41) is 0. The molecule has 0 N–H and O–H groups in total. The van der Waals surface area contributed by atoms with Crippen LogP contribution in [-0.4, -0.2) is 42.4 Å². The van der Waals surface area contributed by atoms with Gasteiger partial charge < -0.3 is 4.90 Å². The Balaban J connectivity index is 1.77. The second-order valence-corrected chi connectivity index (χ2v) is 11.6. The molecule has 1 heterocycles. The van der Waals surface area contributed by atoms with Crippen molar-refractivity contribution in [1.29, 1.82) is 0 Å². The van der Waals surface area contributed by atoms with Crippen LogP contribution in [0.2, 0.25) is 0 Å². The molecule has 0 unspecified atom stereocenters. The Morgan fingerprint density at radius 1 is 0.897 bits per heavy atom. The summed E-state index contributed by atoms with van der Waals surface area (Å²) in [5.41, 5.74) is 1.22. The van der Waals surface area contributed by atoms with Crippen molar-refractivity contribution in [3.05, 3.63) is 53.6 Å². The molecule has 1 fully saturated rings. The first kappa shape index (κ1) is 21.7. The van der Waals surface area contributed by atoms with Gasteiger partial charge in [0.25, 0.3) is 0 Å². The fourth-order valence-electron chi connectivity index (χ4n) is 3.66. The predicted molar refractivity (Wildman–Crippen MR) is 108 cm³/mol. The lowest BCUT2D eigenvalue weighted by molar-refractivity contribution is 0.401. The smallest absolute Gasteiger partial charge is 0.177 e. The second kappa shape index (κ2) is 8.02. The summed E-state index contributed by atoms with van der Waals surface area (Å²) in [6.45, 7) is 1.18. The quantitative estimate of drug-likeness (QED) is 0.710. The molecule has 0 atom stereocenters. The van der Waals surface area contributed by atoms with Crippen molar-refractivity contribution < 1.29 is 25.6 Å². The zero-order chi connectivity index (χ0) is 21.4. The molecule has 5 nitrogen and oxygen atoms in total. The van der Waals surface area contributed by atoms with E-state index < -0.39 is 31.3 Å². The molecule has 0 bridgehead atoms. The lowest BCUT2D eigenvalue weighted by Gasteiger charge is -2.34. The van der Waals surface area contributed by atoms with Crippen LogP contribution in [0, 0.1) is 17.6 Å². The Hall–Kier alpha value is -2.00. The number of piperidine rings is 1. The van der Waals surface area contributed by atoms with E-state index in [2.05, 4.69) is 0 Å². The van der Waals surface area contributed by atoms with E-state index in [0.29, 0.717) is 25.2 Å². The molecule has 0 amide bonds. The first-order valence-electron chi connectivity index (χ1n) is 9.18. The normalized spacial score (nSPS) is 16.2. The van der Waals surface area contributed by atoms with Gasteiger partial charge in [-0.1, -0.05) is 6.07 Å². The first-order valence-corrected chi connectivity index (χ1v) is 13.0. The molecule has 0 radical (unpaired) electrons. The van der Waals surface area contributed by atoms with Crippen LogP contribution in [0.25, 0.3) is 0 Å². The van der Waals surface area contributed by atoms with Crippen LogP contribution in [0.15, 0.2) is 46.2 Å². The van der Waals surface area contributed by atoms with Crippen molar-refractivity contribution >= 4 is 25.4 Å². The minimum absolute atomic E-state index is 0.000481. The molecular weight excluding hydrogens is 420 g/mol. The third-order valence-corrected chi connectivity index (χ3v) is 7.46. The number of hydrogen-bond donors (Lipinski definition) is 0. The summed E-state index contributed by atoms with van der Waals surface area (Å²) >= 11 is 0. The van der Waals surface area contributed by atoms with E-state index >= 15 is 0 Å². The summed E-state index contributed by atoms with van der Waals surface area (Å²) in [5.74, 6) is -1.45. The molecule has 3 rings (SSSR count). The molecule has 0 aliphatic carbocycles. The van der Waals surface area contributed by atoms with Crippen molar-refractivity contribution in [2.45, 2.75) is 29.1 Å². The Labute approximate surface area is 170 Å². The molecule has 0 aromatic heterocycles. The molecule has 158 valence electrons. The van der Waals surface area contributed by atoms with E-state index in [4.69, 9.17) is 0 Å². The Bertz CT molecular complexity index is 1120. The average Bonchev–Trinajstić information content (AvgIpc) is 2.63. The fourth-order valence-corrected chi connectivity index (χ4v) is 5.30. The van der Waals surface area contributed by atoms with Crippen molar-refractivity contribution in [3.8, 4) is 0 Å². The van der Waals surface area contributed by atoms with E-state index in [-0.39, 0.29) is 15.7 Å². The minimum atomic E-state index is -3.62. The molecule has 1 aliphatic rings. The Kier molecular flexibility index (Phi) is 6.01. The number of benzene rings is 2. The SMILES string of the molecule is CS(=O)(=O)c1ccc(N2CCC(Cc3ccc(F)c(F)c3)CC2)c(S(C)(=O)=O)c1. The van der Waals surface area contributed by atoms with Gasteiger partial charge in [-0.15, -0.1) is 0 Å². The lowest BCUT2D eigenvalue weighted by Crippen LogP contribution is -2.35. The van der Waals surface area contributed by atoms with Gasteiger partial charge in [0.2, 0.25) is 0 Å². The second-order valence-electron chi connectivity index (χ2n) is 7.56. The highest BCUT2D eigenvalue weighted by Crippen LogP contribution is 2.32. The van der Waals surface area contributed by atoms with Gasteiger partial charge >= 0.3 is 0 Å². The van der Waals surface area contributed by atoms with Gasteiger partial charge in [0.05, 0.1) is 15.5 Å². The van der Waals surface area contributed by atoms with Gasteiger partial charge in [-0.25, -0.2) is 25.6 Å². The van der Waals surface area contributed by atoms with E-state index in [9.17, 15) is 25.6 Å². The minimum Gasteiger partial charge on any atom is -0.370 e. The zero-order valence-corrected chi connectivity index (χ0v) is 17.9. The number of nitrogens with zero attached hydrogens (tertiary/aromatic N) is 1. The van der Waals surface area contributed by atoms with Crippen molar-refractivity contribution in [3.63, 3.8) is 0 Å². The summed E-state index contributed by atoms with van der Waals surface area (Å²) in [6.07, 6.45) is 4.24. The lowest BCUT2D eigenvalue weighted by atomic mass is 9.90. The van der Waals surface area contributed by atoms with Gasteiger partial charge in [-0.05, 0) is 61.1 Å². The topological polar surface area (TPSA) is 71.5 Å². The van der Waals surface area contributed by atoms with Crippen molar-refractivity contribution in [2.75, 3.05) is 30.5 Å². The fraction of sp³-hybridized carbons (Fsp3) is 0.400. The molecule has 0 saturated carbocycles. The van der Waals surface area contributed by atoms with Gasteiger partial charge in [-0.3, -0.25) is 0 Å². The summed E-state index contributed by atoms with van der Waals surface area (Å²) in [7, 11) is -7.14. The highest BCUT2D eigenvalue weighted by atomic mass is 32.2. The summed E-state index contributed by atoms with van der Waals surface area (Å²) in [6, 6.07) is 8.11. The monoisotopic (exact) mass is 443 g/mol. The van der Waals surface area contributed by atoms with Crippen LogP contribution in [0.1, 0.15) is 18.4 Å². The molecule has 0 spiro atoms. The maximum Gasteiger partial charge on any atom is 0.177 e. The van der Waals surface area contributed by atoms with Crippen LogP contribution < -0.4 is 4.90 Å². The molecule has 2 aromatic carbocycles. The third-order valence-electron chi connectivity index (χ3n) is 5.22. The van der Waals surface area contributed by atoms with Crippen molar-refractivity contribution in [2.24, 2.45) is 5.92 Å². The van der Waals surface area contributed by atoms with Crippen LogP contribution in [-0.2, 0) is 26.1 Å². The van der Waals surface area contributed by atoms with Crippen LogP contribution >= 0.6 is 0 Å². The number of hydrogen-bond acceptors (Lipinski definition) is 5. The molecule has 1 aliphatic heterocycles. The van der Waals surface area contributed by atoms with Gasteiger partial charge in [-0.2, -0.15) is 0 Å². The first-order chi connectivity index (χ1) is 13.4. The van der Waals surface area contributed by atoms with Gasteiger partial charge in [0, 0.05) is 25.6 Å². The number of sulfone groups is 2. The molecule has 1 saturated heterocycles. The van der Waals surface area contributed by atoms with E-state index in [0.717, 1.165) is 37.0 Å². The van der Waals surface area contributed by atoms with E-state index in [1.807, 2.05) is 4.90 Å². The predicted octanol–water partition coefficient (Wildman–Crippen LogP) is 3.23. The average molecular weight is 444 g/mol. The molecule has 29 heavy (non-hydrogen) atoms. The number of anilines is 1. The highest BCUT2D eigenvalue weighted by molar-refractivity contribution is 7.91. The van der Waals surface area contributed by atoms with Gasteiger partial charge in [0.1, 0.15) is 0 Å². The molecular formula is C20H23F2NO4S2. The largest absolute Gasteiger partial charge is 0.370 e. The molecule has 9 heteroatoms. The summed E-state index contributed by atoms with van der Waals surface area (Å²) < 4.78 is 74.6. The zero-order valence-electron chi connectivity index (χ0n) is 16.2. The van der Waals surface area contributed by atoms with Crippen LogP contribution in [0.4, 0.5) is 14.5 Å².